The third-order valence-corrected chi connectivity index (χ3v) is 2.60. The number of hydrogen-bond acceptors (Lipinski definition) is 3. The van der Waals surface area contributed by atoms with Gasteiger partial charge in [-0.1, -0.05) is 13.8 Å². The molecule has 3 nitrogen and oxygen atoms in total. The van der Waals surface area contributed by atoms with Gasteiger partial charge in [0.05, 0.1) is 11.9 Å². The van der Waals surface area contributed by atoms with Gasteiger partial charge in [0.1, 0.15) is 0 Å². The van der Waals surface area contributed by atoms with E-state index in [0.29, 0.717) is 12.3 Å². The molecule has 0 aromatic rings. The molecule has 0 aliphatic heterocycles. The van der Waals surface area contributed by atoms with Gasteiger partial charge in [-0.05, 0) is 12.3 Å². The Bertz CT molecular complexity index is 211. The van der Waals surface area contributed by atoms with Crippen LogP contribution in [-0.4, -0.2) is 27.4 Å². The first-order valence-electron chi connectivity index (χ1n) is 3.80. The molecule has 0 aromatic carbocycles. The van der Waals surface area contributed by atoms with Crippen molar-refractivity contribution in [3.8, 4) is 0 Å². The molecule has 12 heavy (non-hydrogen) atoms. The molecule has 0 radical (unpaired) electrons. The highest BCUT2D eigenvalue weighted by atomic mass is 35.7. The van der Waals surface area contributed by atoms with E-state index in [4.69, 9.17) is 15.4 Å². The van der Waals surface area contributed by atoms with Crippen LogP contribution in [0.2, 0.25) is 0 Å². The van der Waals surface area contributed by atoms with E-state index in [1.807, 2.05) is 13.8 Å². The molecule has 0 heterocycles. The molecule has 5 heteroatoms. The Labute approximate surface area is 78.5 Å². The summed E-state index contributed by atoms with van der Waals surface area (Å²) in [5.41, 5.74) is 0. The zero-order valence-electron chi connectivity index (χ0n) is 7.58. The molecular formula is C7H15ClO3S. The summed E-state index contributed by atoms with van der Waals surface area (Å²) >= 11 is 0. The van der Waals surface area contributed by atoms with Gasteiger partial charge in [-0.3, -0.25) is 0 Å². The summed E-state index contributed by atoms with van der Waals surface area (Å²) < 4.78 is 26.3. The maximum Gasteiger partial charge on any atom is 0.235 e. The van der Waals surface area contributed by atoms with Gasteiger partial charge in [0, 0.05) is 17.8 Å². The molecule has 0 N–H and O–H groups in total. The second kappa shape index (κ2) is 5.04. The Kier molecular flexibility index (Phi) is 5.13. The summed E-state index contributed by atoms with van der Waals surface area (Å²) in [6.07, 6.45) is 0.426. The maximum absolute atomic E-state index is 10.7. The Morgan fingerprint density at radius 1 is 1.42 bits per heavy atom. The van der Waals surface area contributed by atoms with Crippen molar-refractivity contribution in [2.45, 2.75) is 26.4 Å². The standard InChI is InChI=1S/C7H15ClO3S/c1-6(2)4-7(11-3)5-12(8,9)10/h6-7H,4-5H2,1-3H3. The fourth-order valence-corrected chi connectivity index (χ4v) is 2.12. The van der Waals surface area contributed by atoms with Crippen LogP contribution in [0, 0.1) is 5.92 Å². The minimum Gasteiger partial charge on any atom is -0.380 e. The summed E-state index contributed by atoms with van der Waals surface area (Å²) in [6.45, 7) is 4.01. The topological polar surface area (TPSA) is 43.4 Å². The lowest BCUT2D eigenvalue weighted by Gasteiger charge is -2.15. The molecule has 0 saturated carbocycles. The van der Waals surface area contributed by atoms with E-state index >= 15 is 0 Å². The Hall–Kier alpha value is 0.200. The molecule has 0 spiro atoms. The molecule has 0 fully saturated rings. The Morgan fingerprint density at radius 3 is 2.17 bits per heavy atom. The smallest absolute Gasteiger partial charge is 0.235 e. The molecule has 1 unspecified atom stereocenters. The van der Waals surface area contributed by atoms with Gasteiger partial charge in [-0.25, -0.2) is 8.42 Å². The second-order valence-corrected chi connectivity index (χ2v) is 6.01. The third-order valence-electron chi connectivity index (χ3n) is 1.45. The molecule has 0 aromatic heterocycles. The highest BCUT2D eigenvalue weighted by molar-refractivity contribution is 8.13. The van der Waals surface area contributed by atoms with Crippen LogP contribution in [0.5, 0.6) is 0 Å². The van der Waals surface area contributed by atoms with Gasteiger partial charge in [0.15, 0.2) is 0 Å². The summed E-state index contributed by atoms with van der Waals surface area (Å²) in [5, 5.41) is 0. The van der Waals surface area contributed by atoms with E-state index in [1.165, 1.54) is 7.11 Å². The lowest BCUT2D eigenvalue weighted by atomic mass is 10.1. The molecule has 0 aliphatic rings. The summed E-state index contributed by atoms with van der Waals surface area (Å²) in [7, 11) is 3.14. The van der Waals surface area contributed by atoms with Crippen molar-refractivity contribution >= 4 is 19.7 Å². The van der Waals surface area contributed by atoms with Crippen molar-refractivity contribution in [2.24, 2.45) is 5.92 Å². The lowest BCUT2D eigenvalue weighted by Crippen LogP contribution is -2.21. The predicted molar refractivity (Wildman–Crippen MR) is 49.9 cm³/mol. The van der Waals surface area contributed by atoms with Crippen molar-refractivity contribution in [3.05, 3.63) is 0 Å². The van der Waals surface area contributed by atoms with E-state index in [1.54, 1.807) is 0 Å². The van der Waals surface area contributed by atoms with Crippen LogP contribution in [0.1, 0.15) is 20.3 Å². The number of rotatable bonds is 5. The number of methoxy groups -OCH3 is 1. The summed E-state index contributed by atoms with van der Waals surface area (Å²) in [4.78, 5) is 0. The van der Waals surface area contributed by atoms with Crippen LogP contribution < -0.4 is 0 Å². The van der Waals surface area contributed by atoms with Crippen LogP contribution in [0.25, 0.3) is 0 Å². The van der Waals surface area contributed by atoms with Crippen LogP contribution in [0.15, 0.2) is 0 Å². The van der Waals surface area contributed by atoms with Gasteiger partial charge in [-0.15, -0.1) is 0 Å². The van der Waals surface area contributed by atoms with Crippen molar-refractivity contribution in [3.63, 3.8) is 0 Å². The highest BCUT2D eigenvalue weighted by Gasteiger charge is 2.17. The average Bonchev–Trinajstić information content (AvgIpc) is 1.82. The van der Waals surface area contributed by atoms with Crippen LogP contribution in [0.3, 0.4) is 0 Å². The van der Waals surface area contributed by atoms with Crippen molar-refractivity contribution in [1.29, 1.82) is 0 Å². The second-order valence-electron chi connectivity index (χ2n) is 3.19. The summed E-state index contributed by atoms with van der Waals surface area (Å²) in [6, 6.07) is 0. The SMILES string of the molecule is COC(CC(C)C)CS(=O)(=O)Cl. The fraction of sp³-hybridized carbons (Fsp3) is 1.00. The quantitative estimate of drug-likeness (QED) is 0.654. The van der Waals surface area contributed by atoms with Crippen LogP contribution in [-0.2, 0) is 13.8 Å². The number of halogens is 1. The normalized spacial score (nSPS) is 15.1. The monoisotopic (exact) mass is 214 g/mol. The molecule has 0 saturated heterocycles. The summed E-state index contributed by atoms with van der Waals surface area (Å²) in [5.74, 6) is 0.303. The molecule has 0 amide bonds. The van der Waals surface area contributed by atoms with Gasteiger partial charge >= 0.3 is 0 Å². The van der Waals surface area contributed by atoms with Crippen molar-refractivity contribution in [1.82, 2.24) is 0 Å². The fourth-order valence-electron chi connectivity index (χ4n) is 0.980. The van der Waals surface area contributed by atoms with Crippen molar-refractivity contribution < 1.29 is 13.2 Å². The molecular weight excluding hydrogens is 200 g/mol. The Balaban J connectivity index is 4.01. The zero-order valence-corrected chi connectivity index (χ0v) is 9.15. The van der Waals surface area contributed by atoms with Gasteiger partial charge in [-0.2, -0.15) is 0 Å². The van der Waals surface area contributed by atoms with Gasteiger partial charge < -0.3 is 4.74 Å². The predicted octanol–water partition coefficient (Wildman–Crippen LogP) is 1.62. The van der Waals surface area contributed by atoms with Gasteiger partial charge in [0.25, 0.3) is 0 Å². The molecule has 0 aliphatic carbocycles. The van der Waals surface area contributed by atoms with Crippen LogP contribution in [0.4, 0.5) is 0 Å². The molecule has 74 valence electrons. The maximum atomic E-state index is 10.7. The van der Waals surface area contributed by atoms with Crippen molar-refractivity contribution in [2.75, 3.05) is 12.9 Å². The van der Waals surface area contributed by atoms with E-state index in [-0.39, 0.29) is 11.9 Å². The number of ether oxygens (including phenoxy) is 1. The minimum atomic E-state index is -3.43. The zero-order chi connectivity index (χ0) is 9.78. The third kappa shape index (κ3) is 6.88. The lowest BCUT2D eigenvalue weighted by molar-refractivity contribution is 0.102. The molecule has 0 rings (SSSR count). The molecule has 0 bridgehead atoms. The van der Waals surface area contributed by atoms with E-state index in [9.17, 15) is 8.42 Å². The van der Waals surface area contributed by atoms with E-state index in [0.717, 1.165) is 0 Å². The van der Waals surface area contributed by atoms with E-state index in [2.05, 4.69) is 0 Å². The minimum absolute atomic E-state index is 0.108. The molecule has 1 atom stereocenters. The number of hydrogen-bond donors (Lipinski definition) is 0. The highest BCUT2D eigenvalue weighted by Crippen LogP contribution is 2.11. The first-order chi connectivity index (χ1) is 5.35. The average molecular weight is 215 g/mol. The largest absolute Gasteiger partial charge is 0.380 e. The van der Waals surface area contributed by atoms with Crippen LogP contribution >= 0.6 is 10.7 Å². The Morgan fingerprint density at radius 2 is 1.92 bits per heavy atom. The van der Waals surface area contributed by atoms with Gasteiger partial charge in [0.2, 0.25) is 9.05 Å². The first kappa shape index (κ1) is 12.2. The van der Waals surface area contributed by atoms with E-state index < -0.39 is 9.05 Å². The first-order valence-corrected chi connectivity index (χ1v) is 6.28.